The molecular formula is C43H32N5OPt-3. The van der Waals surface area contributed by atoms with Crippen LogP contribution in [0.4, 0.5) is 22.9 Å². The molecule has 248 valence electrons. The summed E-state index contributed by atoms with van der Waals surface area (Å²) in [5.41, 5.74) is 6.04. The third-order valence-corrected chi connectivity index (χ3v) is 9.13. The van der Waals surface area contributed by atoms with E-state index < -0.39 is 0 Å². The molecule has 6 nitrogen and oxygen atoms in total. The van der Waals surface area contributed by atoms with Crippen LogP contribution in [0, 0.1) is 18.8 Å². The number of ether oxygens (including phenoxy) is 1. The fourth-order valence-electron chi connectivity index (χ4n) is 6.64. The van der Waals surface area contributed by atoms with E-state index in [9.17, 15) is 0 Å². The molecule has 1 aliphatic rings. The van der Waals surface area contributed by atoms with Gasteiger partial charge in [-0.25, -0.2) is 9.97 Å². The van der Waals surface area contributed by atoms with Crippen molar-refractivity contribution in [3.8, 4) is 17.3 Å². The summed E-state index contributed by atoms with van der Waals surface area (Å²) in [6.07, 6.45) is 3.72. The van der Waals surface area contributed by atoms with Crippen molar-refractivity contribution in [3.05, 3.63) is 158 Å². The van der Waals surface area contributed by atoms with Crippen LogP contribution >= 0.6 is 0 Å². The van der Waals surface area contributed by atoms with Crippen LogP contribution in [0.15, 0.2) is 134 Å². The van der Waals surface area contributed by atoms with Crippen molar-refractivity contribution in [1.29, 1.82) is 0 Å². The van der Waals surface area contributed by atoms with Crippen LogP contribution in [0.2, 0.25) is 0 Å². The van der Waals surface area contributed by atoms with Gasteiger partial charge >= 0.3 is 0 Å². The van der Waals surface area contributed by atoms with Gasteiger partial charge in [0.2, 0.25) is 0 Å². The minimum atomic E-state index is -0.00879. The number of nitrogens with zero attached hydrogens (tertiary/aromatic N) is 5. The summed E-state index contributed by atoms with van der Waals surface area (Å²) in [6.45, 7) is 8.72. The maximum Gasteiger partial charge on any atom is 0.135 e. The second-order valence-electron chi connectivity index (χ2n) is 13.3. The van der Waals surface area contributed by atoms with Crippen molar-refractivity contribution in [3.63, 3.8) is 0 Å². The smallest absolute Gasteiger partial charge is 0.135 e. The fourth-order valence-corrected chi connectivity index (χ4v) is 6.64. The second kappa shape index (κ2) is 12.5. The van der Waals surface area contributed by atoms with E-state index in [1.54, 1.807) is 0 Å². The van der Waals surface area contributed by atoms with E-state index in [1.165, 1.54) is 16.3 Å². The minimum absolute atomic E-state index is 0. The van der Waals surface area contributed by atoms with E-state index in [4.69, 9.17) is 14.7 Å². The zero-order valence-electron chi connectivity index (χ0n) is 27.7. The fraction of sp³-hybridized carbons (Fsp3) is 0.0930. The number of anilines is 4. The largest absolute Gasteiger partial charge is 0.509 e. The van der Waals surface area contributed by atoms with Gasteiger partial charge in [0.15, 0.2) is 0 Å². The van der Waals surface area contributed by atoms with E-state index in [2.05, 4.69) is 145 Å². The van der Waals surface area contributed by atoms with Gasteiger partial charge in [0.05, 0.1) is 5.69 Å². The number of fused-ring (bicyclic) bond motifs is 5. The van der Waals surface area contributed by atoms with Crippen molar-refractivity contribution in [1.82, 2.24) is 14.5 Å². The molecule has 50 heavy (non-hydrogen) atoms. The summed E-state index contributed by atoms with van der Waals surface area (Å²) in [5.74, 6) is 2.90. The summed E-state index contributed by atoms with van der Waals surface area (Å²) >= 11 is 0. The molecule has 0 aliphatic carbocycles. The van der Waals surface area contributed by atoms with Crippen molar-refractivity contribution in [2.45, 2.75) is 26.2 Å². The van der Waals surface area contributed by atoms with Crippen molar-refractivity contribution >= 4 is 55.5 Å². The van der Waals surface area contributed by atoms with Gasteiger partial charge in [-0.15, -0.1) is 48.1 Å². The summed E-state index contributed by atoms with van der Waals surface area (Å²) < 4.78 is 8.66. The molecule has 1 aliphatic heterocycles. The Labute approximate surface area is 305 Å². The molecule has 0 spiro atoms. The van der Waals surface area contributed by atoms with Gasteiger partial charge in [0.25, 0.3) is 0 Å². The SMILES string of the molecule is CC(C)(C)c1ccnc(-n2c3[c-]c(Oc4[c-]c(N5[CH-]N(c6ccc7ccccc7c6)c6ncccc65)ccc4)ccc3c3ccccc32)c1.[Pt]. The molecule has 4 heterocycles. The van der Waals surface area contributed by atoms with E-state index in [0.29, 0.717) is 11.5 Å². The number of rotatable bonds is 5. The standard InChI is InChI=1S/C43H32N5O.Pt/c1-43(2,3)31-21-23-44-41(25-31)48-38-15-7-6-14-36(38)37-20-19-35(27-40(37)48)49-34-13-8-12-32(26-34)46-28-47(42-39(46)16-9-22-45-42)33-18-17-29-10-4-5-11-30(29)24-33;/h4-25,28H,1-3H3;/q-3;. The Morgan fingerprint density at radius 3 is 2.36 bits per heavy atom. The predicted octanol–water partition coefficient (Wildman–Crippen LogP) is 10.8. The van der Waals surface area contributed by atoms with Crippen LogP contribution in [0.25, 0.3) is 38.4 Å². The second-order valence-corrected chi connectivity index (χ2v) is 13.3. The van der Waals surface area contributed by atoms with E-state index in [-0.39, 0.29) is 26.5 Å². The van der Waals surface area contributed by atoms with Crippen molar-refractivity contribution in [2.24, 2.45) is 0 Å². The Hall–Kier alpha value is -5.45. The quantitative estimate of drug-likeness (QED) is 0.162. The summed E-state index contributed by atoms with van der Waals surface area (Å²) in [5, 5.41) is 4.61. The maximum atomic E-state index is 6.48. The van der Waals surface area contributed by atoms with Gasteiger partial charge in [-0.05, 0) is 69.6 Å². The Morgan fingerprint density at radius 2 is 1.48 bits per heavy atom. The van der Waals surface area contributed by atoms with Gasteiger partial charge in [-0.1, -0.05) is 74.8 Å². The molecule has 9 rings (SSSR count). The molecule has 0 saturated heterocycles. The minimum Gasteiger partial charge on any atom is -0.509 e. The summed E-state index contributed by atoms with van der Waals surface area (Å²) in [6, 6.07) is 48.7. The van der Waals surface area contributed by atoms with Crippen LogP contribution in [-0.2, 0) is 26.5 Å². The van der Waals surface area contributed by atoms with Crippen LogP contribution in [0.3, 0.4) is 0 Å². The Kier molecular flexibility index (Phi) is 7.92. The summed E-state index contributed by atoms with van der Waals surface area (Å²) in [7, 11) is 0. The summed E-state index contributed by atoms with van der Waals surface area (Å²) in [4.78, 5) is 13.8. The topological polar surface area (TPSA) is 46.4 Å². The first kappa shape index (κ1) is 31.8. The number of hydrogen-bond donors (Lipinski definition) is 0. The van der Waals surface area contributed by atoms with Crippen LogP contribution in [-0.4, -0.2) is 14.5 Å². The molecule has 0 bridgehead atoms. The van der Waals surface area contributed by atoms with E-state index in [0.717, 1.165) is 50.5 Å². The number of para-hydroxylation sites is 1. The number of pyridine rings is 2. The van der Waals surface area contributed by atoms with Crippen LogP contribution in [0.5, 0.6) is 11.5 Å². The van der Waals surface area contributed by atoms with Gasteiger partial charge in [0.1, 0.15) is 11.6 Å². The van der Waals surface area contributed by atoms with E-state index in [1.807, 2.05) is 42.7 Å². The number of hydrogen-bond acceptors (Lipinski definition) is 5. The van der Waals surface area contributed by atoms with Gasteiger partial charge in [-0.2, -0.15) is 12.1 Å². The molecule has 0 unspecified atom stereocenters. The van der Waals surface area contributed by atoms with Gasteiger partial charge in [-0.3, -0.25) is 0 Å². The molecule has 8 aromatic rings. The molecule has 0 amide bonds. The van der Waals surface area contributed by atoms with Crippen molar-refractivity contribution in [2.75, 3.05) is 9.80 Å². The third-order valence-electron chi connectivity index (χ3n) is 9.13. The monoisotopic (exact) mass is 829 g/mol. The number of aromatic nitrogens is 3. The molecule has 0 radical (unpaired) electrons. The third kappa shape index (κ3) is 5.50. The normalized spacial score (nSPS) is 12.8. The maximum absolute atomic E-state index is 6.48. The van der Waals surface area contributed by atoms with E-state index >= 15 is 0 Å². The first-order valence-electron chi connectivity index (χ1n) is 16.4. The predicted molar refractivity (Wildman–Crippen MR) is 198 cm³/mol. The zero-order valence-corrected chi connectivity index (χ0v) is 30.0. The first-order valence-corrected chi connectivity index (χ1v) is 16.4. The Balaban J connectivity index is 0.00000361. The van der Waals surface area contributed by atoms with Crippen LogP contribution < -0.4 is 14.5 Å². The van der Waals surface area contributed by atoms with Gasteiger partial charge < -0.3 is 19.1 Å². The molecule has 7 heteroatoms. The molecule has 0 N–H and O–H groups in total. The average molecular weight is 830 g/mol. The molecular weight excluding hydrogens is 798 g/mol. The molecule has 0 atom stereocenters. The Bertz CT molecular complexity index is 2530. The number of benzene rings is 5. The average Bonchev–Trinajstić information content (AvgIpc) is 3.67. The van der Waals surface area contributed by atoms with Crippen molar-refractivity contribution < 1.29 is 25.8 Å². The first-order chi connectivity index (χ1) is 23.9. The molecule has 3 aromatic heterocycles. The zero-order chi connectivity index (χ0) is 33.1. The molecule has 5 aromatic carbocycles. The van der Waals surface area contributed by atoms with Gasteiger partial charge in [0, 0.05) is 56.2 Å². The van der Waals surface area contributed by atoms with Crippen LogP contribution in [0.1, 0.15) is 26.3 Å². The molecule has 0 saturated carbocycles. The Morgan fingerprint density at radius 1 is 0.660 bits per heavy atom. The molecule has 0 fully saturated rings.